The summed E-state index contributed by atoms with van der Waals surface area (Å²) in [7, 11) is 0. The fourth-order valence-electron chi connectivity index (χ4n) is 2.31. The number of ether oxygens (including phenoxy) is 1. The second-order valence-corrected chi connectivity index (χ2v) is 4.47. The Hall–Kier alpha value is -1.27. The first kappa shape index (κ1) is 11.2. The third-order valence-corrected chi connectivity index (χ3v) is 3.42. The summed E-state index contributed by atoms with van der Waals surface area (Å²) in [5.74, 6) is 0.766. The van der Waals surface area contributed by atoms with Gasteiger partial charge in [-0.25, -0.2) is 0 Å². The summed E-state index contributed by atoms with van der Waals surface area (Å²) in [5, 5.41) is 8.98. The maximum Gasteiger partial charge on any atom is 0.120 e. The fourth-order valence-corrected chi connectivity index (χ4v) is 2.31. The average Bonchev–Trinajstić information content (AvgIpc) is 2.69. The minimum Gasteiger partial charge on any atom is -0.381 e. The average molecular weight is 218 g/mol. The molecule has 86 valence electrons. The molecular formula is C13H18N2O. The van der Waals surface area contributed by atoms with Gasteiger partial charge in [-0.2, -0.15) is 5.26 Å². The van der Waals surface area contributed by atoms with Crippen molar-refractivity contribution in [3.63, 3.8) is 0 Å². The lowest BCUT2D eigenvalue weighted by Crippen LogP contribution is -2.17. The standard InChI is InChI=1S/C13H18N2O/c1-11-2-3-13(10-14)15(11)7-4-12-5-8-16-9-6-12/h2-3,12H,4-9H2,1H3. The molecule has 1 fully saturated rings. The van der Waals surface area contributed by atoms with E-state index >= 15 is 0 Å². The summed E-state index contributed by atoms with van der Waals surface area (Å²) < 4.78 is 7.47. The number of aryl methyl sites for hydroxylation is 1. The van der Waals surface area contributed by atoms with Gasteiger partial charge in [0.05, 0.1) is 0 Å². The highest BCUT2D eigenvalue weighted by Gasteiger charge is 2.14. The number of hydrogen-bond acceptors (Lipinski definition) is 2. The Balaban J connectivity index is 1.93. The van der Waals surface area contributed by atoms with E-state index in [9.17, 15) is 0 Å². The molecule has 16 heavy (non-hydrogen) atoms. The molecule has 0 spiro atoms. The molecule has 0 saturated carbocycles. The quantitative estimate of drug-likeness (QED) is 0.781. The van der Waals surface area contributed by atoms with Gasteiger partial charge in [-0.05, 0) is 44.2 Å². The lowest BCUT2D eigenvalue weighted by atomic mass is 9.96. The predicted octanol–water partition coefficient (Wildman–Crippen LogP) is 2.48. The topological polar surface area (TPSA) is 38.0 Å². The van der Waals surface area contributed by atoms with Crippen LogP contribution in [-0.4, -0.2) is 17.8 Å². The second kappa shape index (κ2) is 5.18. The highest BCUT2D eigenvalue weighted by Crippen LogP contribution is 2.20. The third kappa shape index (κ3) is 2.45. The predicted molar refractivity (Wildman–Crippen MR) is 62.0 cm³/mol. The molecule has 2 rings (SSSR count). The molecule has 0 aromatic carbocycles. The Morgan fingerprint density at radius 1 is 1.44 bits per heavy atom. The van der Waals surface area contributed by atoms with Crippen LogP contribution in [0.5, 0.6) is 0 Å². The summed E-state index contributed by atoms with van der Waals surface area (Å²) in [4.78, 5) is 0. The zero-order chi connectivity index (χ0) is 11.4. The van der Waals surface area contributed by atoms with Crippen molar-refractivity contribution < 1.29 is 4.74 Å². The van der Waals surface area contributed by atoms with Crippen molar-refractivity contribution in [3.05, 3.63) is 23.5 Å². The highest BCUT2D eigenvalue weighted by molar-refractivity contribution is 5.26. The van der Waals surface area contributed by atoms with Crippen LogP contribution in [0.1, 0.15) is 30.7 Å². The zero-order valence-corrected chi connectivity index (χ0v) is 9.78. The Bertz CT molecular complexity index is 383. The Kier molecular flexibility index (Phi) is 3.63. The lowest BCUT2D eigenvalue weighted by molar-refractivity contribution is 0.0625. The number of nitrogens with zero attached hydrogens (tertiary/aromatic N) is 2. The monoisotopic (exact) mass is 218 g/mol. The maximum atomic E-state index is 8.98. The van der Waals surface area contributed by atoms with Gasteiger partial charge < -0.3 is 9.30 Å². The first-order valence-electron chi connectivity index (χ1n) is 5.95. The largest absolute Gasteiger partial charge is 0.381 e. The molecule has 0 bridgehead atoms. The van der Waals surface area contributed by atoms with Crippen molar-refractivity contribution in [2.45, 2.75) is 32.7 Å². The molecule has 3 nitrogen and oxygen atoms in total. The van der Waals surface area contributed by atoms with Crippen LogP contribution in [0, 0.1) is 24.2 Å². The summed E-state index contributed by atoms with van der Waals surface area (Å²) in [6.07, 6.45) is 3.50. The van der Waals surface area contributed by atoms with E-state index in [0.717, 1.165) is 37.8 Å². The molecule has 3 heteroatoms. The van der Waals surface area contributed by atoms with Crippen molar-refractivity contribution in [1.82, 2.24) is 4.57 Å². The summed E-state index contributed by atoms with van der Waals surface area (Å²) in [6, 6.07) is 6.16. The minimum atomic E-state index is 0.766. The molecule has 0 aliphatic carbocycles. The molecule has 1 aromatic rings. The normalized spacial score (nSPS) is 17.2. The SMILES string of the molecule is Cc1ccc(C#N)n1CCC1CCOCC1. The van der Waals surface area contributed by atoms with Crippen molar-refractivity contribution in [1.29, 1.82) is 5.26 Å². The van der Waals surface area contributed by atoms with Crippen LogP contribution in [0.25, 0.3) is 0 Å². The molecule has 2 heterocycles. The van der Waals surface area contributed by atoms with Gasteiger partial charge in [0.25, 0.3) is 0 Å². The van der Waals surface area contributed by atoms with Gasteiger partial charge >= 0.3 is 0 Å². The molecule has 1 saturated heterocycles. The number of nitriles is 1. The van der Waals surface area contributed by atoms with Crippen molar-refractivity contribution in [3.8, 4) is 6.07 Å². The first-order valence-corrected chi connectivity index (χ1v) is 5.95. The summed E-state index contributed by atoms with van der Waals surface area (Å²) in [6.45, 7) is 4.83. The first-order chi connectivity index (χ1) is 7.81. The van der Waals surface area contributed by atoms with Gasteiger partial charge in [-0.15, -0.1) is 0 Å². The molecule has 0 radical (unpaired) electrons. The van der Waals surface area contributed by atoms with Crippen LogP contribution in [-0.2, 0) is 11.3 Å². The van der Waals surface area contributed by atoms with E-state index in [1.807, 2.05) is 12.1 Å². The van der Waals surface area contributed by atoms with Crippen LogP contribution in [0.3, 0.4) is 0 Å². The van der Waals surface area contributed by atoms with E-state index in [-0.39, 0.29) is 0 Å². The Labute approximate surface area is 96.6 Å². The van der Waals surface area contributed by atoms with E-state index in [1.165, 1.54) is 18.5 Å². The van der Waals surface area contributed by atoms with Crippen molar-refractivity contribution in [2.75, 3.05) is 13.2 Å². The van der Waals surface area contributed by atoms with Gasteiger partial charge in [-0.3, -0.25) is 0 Å². The molecule has 0 N–H and O–H groups in total. The van der Waals surface area contributed by atoms with Gasteiger partial charge in [-0.1, -0.05) is 0 Å². The smallest absolute Gasteiger partial charge is 0.120 e. The van der Waals surface area contributed by atoms with E-state index in [4.69, 9.17) is 10.00 Å². The second-order valence-electron chi connectivity index (χ2n) is 4.47. The maximum absolute atomic E-state index is 8.98. The van der Waals surface area contributed by atoms with Crippen LogP contribution in [0.15, 0.2) is 12.1 Å². The molecule has 0 unspecified atom stereocenters. The molecule has 0 amide bonds. The molecule has 1 aliphatic heterocycles. The molecule has 1 aromatic heterocycles. The Morgan fingerprint density at radius 2 is 2.19 bits per heavy atom. The van der Waals surface area contributed by atoms with Crippen molar-refractivity contribution in [2.24, 2.45) is 5.92 Å². The summed E-state index contributed by atoms with van der Waals surface area (Å²) >= 11 is 0. The summed E-state index contributed by atoms with van der Waals surface area (Å²) in [5.41, 5.74) is 1.97. The number of aromatic nitrogens is 1. The third-order valence-electron chi connectivity index (χ3n) is 3.42. The lowest BCUT2D eigenvalue weighted by Gasteiger charge is -2.22. The van der Waals surface area contributed by atoms with E-state index in [2.05, 4.69) is 17.6 Å². The number of hydrogen-bond donors (Lipinski definition) is 0. The van der Waals surface area contributed by atoms with Crippen LogP contribution in [0.2, 0.25) is 0 Å². The van der Waals surface area contributed by atoms with Gasteiger partial charge in [0.2, 0.25) is 0 Å². The van der Waals surface area contributed by atoms with E-state index in [0.29, 0.717) is 0 Å². The molecule has 0 atom stereocenters. The minimum absolute atomic E-state index is 0.766. The zero-order valence-electron chi connectivity index (χ0n) is 9.78. The highest BCUT2D eigenvalue weighted by atomic mass is 16.5. The van der Waals surface area contributed by atoms with Gasteiger partial charge in [0.15, 0.2) is 0 Å². The van der Waals surface area contributed by atoms with Crippen LogP contribution < -0.4 is 0 Å². The van der Waals surface area contributed by atoms with Gasteiger partial charge in [0.1, 0.15) is 11.8 Å². The van der Waals surface area contributed by atoms with Crippen molar-refractivity contribution >= 4 is 0 Å². The molecule has 1 aliphatic rings. The van der Waals surface area contributed by atoms with Crippen LogP contribution >= 0.6 is 0 Å². The Morgan fingerprint density at radius 3 is 2.88 bits per heavy atom. The van der Waals surface area contributed by atoms with E-state index in [1.54, 1.807) is 0 Å². The fraction of sp³-hybridized carbons (Fsp3) is 0.615. The van der Waals surface area contributed by atoms with Crippen LogP contribution in [0.4, 0.5) is 0 Å². The van der Waals surface area contributed by atoms with E-state index < -0.39 is 0 Å². The number of rotatable bonds is 3. The van der Waals surface area contributed by atoms with Gasteiger partial charge in [0, 0.05) is 25.5 Å². The molecular weight excluding hydrogens is 200 g/mol.